The minimum absolute atomic E-state index is 0.216. The number of amides is 1. The third kappa shape index (κ3) is 5.74. The van der Waals surface area contributed by atoms with Crippen molar-refractivity contribution in [3.63, 3.8) is 0 Å². The fourth-order valence-electron chi connectivity index (χ4n) is 2.82. The van der Waals surface area contributed by atoms with Crippen LogP contribution in [-0.2, 0) is 11.2 Å². The molecule has 2 aromatic carbocycles. The molecule has 2 aromatic rings. The molecule has 144 valence electrons. The van der Waals surface area contributed by atoms with E-state index >= 15 is 0 Å². The van der Waals surface area contributed by atoms with Gasteiger partial charge < -0.3 is 19.9 Å². The SMILES string of the molecule is CCOc1cc(C(=O)NCCc2c(C)cccc2C)ccc1OCC(=O)O. The molecule has 1 amide bonds. The summed E-state index contributed by atoms with van der Waals surface area (Å²) in [7, 11) is 0. The van der Waals surface area contributed by atoms with Gasteiger partial charge in [-0.15, -0.1) is 0 Å². The van der Waals surface area contributed by atoms with Crippen molar-refractivity contribution in [1.29, 1.82) is 0 Å². The first kappa shape index (κ1) is 20.3. The predicted octanol–water partition coefficient (Wildman–Crippen LogP) is 3.14. The third-order valence-electron chi connectivity index (χ3n) is 4.16. The minimum Gasteiger partial charge on any atom is -0.490 e. The molecule has 0 bridgehead atoms. The Balaban J connectivity index is 2.02. The lowest BCUT2D eigenvalue weighted by atomic mass is 10.0. The van der Waals surface area contributed by atoms with E-state index in [1.165, 1.54) is 16.7 Å². The number of aliphatic carboxylic acids is 1. The maximum Gasteiger partial charge on any atom is 0.341 e. The van der Waals surface area contributed by atoms with Crippen LogP contribution in [0, 0.1) is 13.8 Å². The number of carboxylic acids is 1. The maximum absolute atomic E-state index is 12.4. The number of benzene rings is 2. The summed E-state index contributed by atoms with van der Waals surface area (Å²) in [5.74, 6) is -0.648. The van der Waals surface area contributed by atoms with E-state index in [-0.39, 0.29) is 5.91 Å². The van der Waals surface area contributed by atoms with E-state index in [1.54, 1.807) is 25.1 Å². The van der Waals surface area contributed by atoms with Crippen molar-refractivity contribution >= 4 is 11.9 Å². The number of hydrogen-bond acceptors (Lipinski definition) is 4. The average molecular weight is 371 g/mol. The van der Waals surface area contributed by atoms with E-state index in [4.69, 9.17) is 14.6 Å². The smallest absolute Gasteiger partial charge is 0.341 e. The Kier molecular flexibility index (Phi) is 7.23. The van der Waals surface area contributed by atoms with E-state index < -0.39 is 12.6 Å². The lowest BCUT2D eigenvalue weighted by Gasteiger charge is -2.13. The molecule has 0 saturated carbocycles. The van der Waals surface area contributed by atoms with Crippen LogP contribution in [0.2, 0.25) is 0 Å². The van der Waals surface area contributed by atoms with Gasteiger partial charge in [0.25, 0.3) is 5.91 Å². The van der Waals surface area contributed by atoms with Crippen molar-refractivity contribution in [2.24, 2.45) is 0 Å². The van der Waals surface area contributed by atoms with Crippen LogP contribution >= 0.6 is 0 Å². The van der Waals surface area contributed by atoms with E-state index in [1.807, 2.05) is 6.07 Å². The molecular formula is C21H25NO5. The van der Waals surface area contributed by atoms with Crippen molar-refractivity contribution < 1.29 is 24.2 Å². The second kappa shape index (κ2) is 9.62. The molecule has 2 rings (SSSR count). The summed E-state index contributed by atoms with van der Waals surface area (Å²) < 4.78 is 10.7. The van der Waals surface area contributed by atoms with Gasteiger partial charge in [0.1, 0.15) is 0 Å². The Morgan fingerprint density at radius 3 is 2.37 bits per heavy atom. The second-order valence-corrected chi connectivity index (χ2v) is 6.15. The molecular weight excluding hydrogens is 346 g/mol. The van der Waals surface area contributed by atoms with Gasteiger partial charge in [0.05, 0.1) is 6.61 Å². The standard InChI is InChI=1S/C21H25NO5/c1-4-26-19-12-16(8-9-18(19)27-13-20(23)24)21(25)22-11-10-17-14(2)6-5-7-15(17)3/h5-9,12H,4,10-11,13H2,1-3H3,(H,22,25)(H,23,24). The summed E-state index contributed by atoms with van der Waals surface area (Å²) in [6.07, 6.45) is 0.752. The Morgan fingerprint density at radius 1 is 1.04 bits per heavy atom. The highest BCUT2D eigenvalue weighted by atomic mass is 16.5. The van der Waals surface area contributed by atoms with E-state index in [0.717, 1.165) is 6.42 Å². The average Bonchev–Trinajstić information content (AvgIpc) is 2.63. The monoisotopic (exact) mass is 371 g/mol. The van der Waals surface area contributed by atoms with Crippen molar-refractivity contribution in [3.05, 3.63) is 58.7 Å². The Morgan fingerprint density at radius 2 is 1.74 bits per heavy atom. The van der Waals surface area contributed by atoms with E-state index in [0.29, 0.717) is 30.2 Å². The maximum atomic E-state index is 12.4. The van der Waals surface area contributed by atoms with Gasteiger partial charge in [0.2, 0.25) is 0 Å². The molecule has 0 spiro atoms. The van der Waals surface area contributed by atoms with Crippen LogP contribution in [0.3, 0.4) is 0 Å². The van der Waals surface area contributed by atoms with Crippen LogP contribution in [0.5, 0.6) is 11.5 Å². The molecule has 0 atom stereocenters. The van der Waals surface area contributed by atoms with Gasteiger partial charge in [-0.2, -0.15) is 0 Å². The zero-order valence-corrected chi connectivity index (χ0v) is 15.9. The normalized spacial score (nSPS) is 10.3. The number of nitrogens with one attached hydrogen (secondary N) is 1. The molecule has 27 heavy (non-hydrogen) atoms. The molecule has 0 aromatic heterocycles. The molecule has 0 fully saturated rings. The van der Waals surface area contributed by atoms with E-state index in [2.05, 4.69) is 31.3 Å². The molecule has 0 aliphatic heterocycles. The largest absolute Gasteiger partial charge is 0.490 e. The highest BCUT2D eigenvalue weighted by Gasteiger charge is 2.13. The van der Waals surface area contributed by atoms with Gasteiger partial charge in [-0.25, -0.2) is 4.79 Å². The fourth-order valence-corrected chi connectivity index (χ4v) is 2.82. The van der Waals surface area contributed by atoms with Gasteiger partial charge >= 0.3 is 5.97 Å². The highest BCUT2D eigenvalue weighted by Crippen LogP contribution is 2.28. The van der Waals surface area contributed by atoms with Crippen LogP contribution in [-0.4, -0.2) is 36.7 Å². The first-order valence-corrected chi connectivity index (χ1v) is 8.87. The number of carbonyl (C=O) groups excluding carboxylic acids is 1. The van der Waals surface area contributed by atoms with Crippen LogP contribution < -0.4 is 14.8 Å². The summed E-state index contributed by atoms with van der Waals surface area (Å²) in [6, 6.07) is 10.9. The third-order valence-corrected chi connectivity index (χ3v) is 4.16. The van der Waals surface area contributed by atoms with Gasteiger partial charge in [-0.1, -0.05) is 18.2 Å². The number of ether oxygens (including phenoxy) is 2. The number of aryl methyl sites for hydroxylation is 2. The number of carboxylic acid groups (broad SMARTS) is 1. The fraction of sp³-hybridized carbons (Fsp3) is 0.333. The molecule has 0 saturated heterocycles. The van der Waals surface area contributed by atoms with Crippen molar-refractivity contribution in [2.45, 2.75) is 27.2 Å². The van der Waals surface area contributed by atoms with Crippen molar-refractivity contribution in [1.82, 2.24) is 5.32 Å². The zero-order valence-electron chi connectivity index (χ0n) is 15.9. The topological polar surface area (TPSA) is 84.9 Å². The van der Waals surface area contributed by atoms with Gasteiger partial charge in [0, 0.05) is 12.1 Å². The quantitative estimate of drug-likeness (QED) is 0.707. The van der Waals surface area contributed by atoms with Gasteiger partial charge in [0.15, 0.2) is 18.1 Å². The van der Waals surface area contributed by atoms with E-state index in [9.17, 15) is 9.59 Å². The lowest BCUT2D eigenvalue weighted by Crippen LogP contribution is -2.26. The first-order chi connectivity index (χ1) is 12.9. The summed E-state index contributed by atoms with van der Waals surface area (Å²) in [5, 5.41) is 11.6. The van der Waals surface area contributed by atoms with Crippen LogP contribution in [0.1, 0.15) is 34.0 Å². The number of rotatable bonds is 9. The molecule has 0 aliphatic carbocycles. The minimum atomic E-state index is -1.08. The van der Waals surface area contributed by atoms with Crippen LogP contribution in [0.25, 0.3) is 0 Å². The van der Waals surface area contributed by atoms with Crippen LogP contribution in [0.15, 0.2) is 36.4 Å². The molecule has 6 nitrogen and oxygen atoms in total. The molecule has 0 heterocycles. The molecule has 0 radical (unpaired) electrons. The molecule has 6 heteroatoms. The van der Waals surface area contributed by atoms with Crippen LogP contribution in [0.4, 0.5) is 0 Å². The van der Waals surface area contributed by atoms with Crippen molar-refractivity contribution in [3.8, 4) is 11.5 Å². The zero-order chi connectivity index (χ0) is 19.8. The molecule has 0 aliphatic rings. The summed E-state index contributed by atoms with van der Waals surface area (Å²) in [6.45, 7) is 6.36. The Hall–Kier alpha value is -3.02. The predicted molar refractivity (Wildman–Crippen MR) is 103 cm³/mol. The second-order valence-electron chi connectivity index (χ2n) is 6.15. The summed E-state index contributed by atoms with van der Waals surface area (Å²) in [5.41, 5.74) is 4.10. The number of hydrogen-bond donors (Lipinski definition) is 2. The lowest BCUT2D eigenvalue weighted by molar-refractivity contribution is -0.139. The van der Waals surface area contributed by atoms with Crippen molar-refractivity contribution in [2.75, 3.05) is 19.8 Å². The molecule has 2 N–H and O–H groups in total. The molecule has 0 unspecified atom stereocenters. The Labute approximate surface area is 159 Å². The number of carbonyl (C=O) groups is 2. The Bertz CT molecular complexity index is 796. The summed E-state index contributed by atoms with van der Waals surface area (Å²) in [4.78, 5) is 23.1. The highest BCUT2D eigenvalue weighted by molar-refractivity contribution is 5.94. The van der Waals surface area contributed by atoms with Gasteiger partial charge in [-0.3, -0.25) is 4.79 Å². The summed E-state index contributed by atoms with van der Waals surface area (Å²) >= 11 is 0. The first-order valence-electron chi connectivity index (χ1n) is 8.87. The van der Waals surface area contributed by atoms with Gasteiger partial charge in [-0.05, 0) is 62.1 Å².